The first-order valence-corrected chi connectivity index (χ1v) is 4.50. The van der Waals surface area contributed by atoms with Crippen LogP contribution in [0.5, 0.6) is 0 Å². The molecular weight excluding hydrogens is 148 g/mol. The van der Waals surface area contributed by atoms with Gasteiger partial charge in [-0.05, 0) is 25.5 Å². The van der Waals surface area contributed by atoms with Gasteiger partial charge in [-0.25, -0.2) is 4.98 Å². The van der Waals surface area contributed by atoms with Crippen molar-refractivity contribution in [2.75, 3.05) is 5.32 Å². The van der Waals surface area contributed by atoms with Crippen LogP contribution in [0.2, 0.25) is 0 Å². The van der Waals surface area contributed by atoms with E-state index in [4.69, 9.17) is 0 Å². The number of hydrogen-bond donors (Lipinski definition) is 1. The Morgan fingerprint density at radius 3 is 2.92 bits per heavy atom. The van der Waals surface area contributed by atoms with E-state index in [1.807, 2.05) is 18.2 Å². The molecule has 0 aliphatic heterocycles. The van der Waals surface area contributed by atoms with Gasteiger partial charge in [-0.1, -0.05) is 19.4 Å². The van der Waals surface area contributed by atoms with Crippen molar-refractivity contribution in [1.82, 2.24) is 4.98 Å². The first-order valence-electron chi connectivity index (χ1n) is 4.50. The lowest BCUT2D eigenvalue weighted by atomic mass is 10.2. The van der Waals surface area contributed by atoms with E-state index in [-0.39, 0.29) is 0 Å². The summed E-state index contributed by atoms with van der Waals surface area (Å²) >= 11 is 0. The highest BCUT2D eigenvalue weighted by Crippen LogP contribution is 2.05. The van der Waals surface area contributed by atoms with Gasteiger partial charge < -0.3 is 5.32 Å². The Hall–Kier alpha value is -1.05. The molecule has 1 aromatic heterocycles. The summed E-state index contributed by atoms with van der Waals surface area (Å²) in [7, 11) is 0. The van der Waals surface area contributed by atoms with Crippen molar-refractivity contribution in [3.8, 4) is 0 Å². The lowest BCUT2D eigenvalue weighted by Crippen LogP contribution is -2.15. The molecule has 2 nitrogen and oxygen atoms in total. The summed E-state index contributed by atoms with van der Waals surface area (Å²) in [6.07, 6.45) is 4.21. The lowest BCUT2D eigenvalue weighted by Gasteiger charge is -2.12. The number of rotatable bonds is 4. The van der Waals surface area contributed by atoms with Gasteiger partial charge in [-0.3, -0.25) is 0 Å². The second-order valence-corrected chi connectivity index (χ2v) is 3.05. The molecule has 2 heteroatoms. The minimum atomic E-state index is 0.518. The molecule has 0 bridgehead atoms. The van der Waals surface area contributed by atoms with Crippen molar-refractivity contribution < 1.29 is 0 Å². The molecule has 1 atom stereocenters. The van der Waals surface area contributed by atoms with Crippen LogP contribution in [0, 0.1) is 0 Å². The molecule has 0 aliphatic carbocycles. The molecule has 1 aromatic rings. The predicted molar refractivity (Wildman–Crippen MR) is 52.2 cm³/mol. The van der Waals surface area contributed by atoms with Crippen LogP contribution >= 0.6 is 0 Å². The van der Waals surface area contributed by atoms with E-state index in [0.29, 0.717) is 6.04 Å². The zero-order valence-corrected chi connectivity index (χ0v) is 7.75. The summed E-state index contributed by atoms with van der Waals surface area (Å²) in [6.45, 7) is 4.37. The Labute approximate surface area is 74.0 Å². The van der Waals surface area contributed by atoms with Gasteiger partial charge in [0.2, 0.25) is 0 Å². The minimum Gasteiger partial charge on any atom is -0.368 e. The molecule has 0 saturated heterocycles. The summed E-state index contributed by atoms with van der Waals surface area (Å²) in [5.41, 5.74) is 0. The summed E-state index contributed by atoms with van der Waals surface area (Å²) in [6, 6.07) is 6.43. The van der Waals surface area contributed by atoms with Crippen molar-refractivity contribution in [1.29, 1.82) is 0 Å². The van der Waals surface area contributed by atoms with Gasteiger partial charge in [0, 0.05) is 12.2 Å². The molecule has 1 unspecified atom stereocenters. The Balaban J connectivity index is 2.41. The molecule has 1 rings (SSSR count). The van der Waals surface area contributed by atoms with Gasteiger partial charge in [-0.15, -0.1) is 0 Å². The highest BCUT2D eigenvalue weighted by atomic mass is 15.0. The van der Waals surface area contributed by atoms with Crippen molar-refractivity contribution in [2.45, 2.75) is 32.7 Å². The zero-order chi connectivity index (χ0) is 8.81. The van der Waals surface area contributed by atoms with Crippen LogP contribution in [-0.2, 0) is 0 Å². The first kappa shape index (κ1) is 9.04. The molecule has 0 fully saturated rings. The number of nitrogens with zero attached hydrogens (tertiary/aromatic N) is 1. The van der Waals surface area contributed by atoms with Crippen LogP contribution in [0.1, 0.15) is 26.7 Å². The van der Waals surface area contributed by atoms with E-state index in [0.717, 1.165) is 5.82 Å². The Kier molecular flexibility index (Phi) is 3.58. The highest BCUT2D eigenvalue weighted by Gasteiger charge is 1.99. The van der Waals surface area contributed by atoms with E-state index < -0.39 is 0 Å². The molecule has 66 valence electrons. The van der Waals surface area contributed by atoms with Crippen LogP contribution in [0.4, 0.5) is 5.82 Å². The molecular formula is C10H16N2. The fraction of sp³-hybridized carbons (Fsp3) is 0.500. The monoisotopic (exact) mass is 164 g/mol. The first-order chi connectivity index (χ1) is 5.83. The minimum absolute atomic E-state index is 0.518. The standard InChI is InChI=1S/C10H16N2/c1-3-6-9(2)12-10-7-4-5-8-11-10/h4-5,7-9H,3,6H2,1-2H3,(H,11,12). The maximum absolute atomic E-state index is 4.19. The van der Waals surface area contributed by atoms with E-state index in [9.17, 15) is 0 Å². The smallest absolute Gasteiger partial charge is 0.126 e. The van der Waals surface area contributed by atoms with Crippen LogP contribution < -0.4 is 5.32 Å². The number of hydrogen-bond acceptors (Lipinski definition) is 2. The summed E-state index contributed by atoms with van der Waals surface area (Å²) < 4.78 is 0. The Bertz CT molecular complexity index is 208. The van der Waals surface area contributed by atoms with E-state index in [1.165, 1.54) is 12.8 Å². The lowest BCUT2D eigenvalue weighted by molar-refractivity contribution is 0.687. The van der Waals surface area contributed by atoms with Crippen LogP contribution in [0.25, 0.3) is 0 Å². The molecule has 1 heterocycles. The summed E-state index contributed by atoms with van der Waals surface area (Å²) in [5.74, 6) is 0.971. The topological polar surface area (TPSA) is 24.9 Å². The quantitative estimate of drug-likeness (QED) is 0.740. The highest BCUT2D eigenvalue weighted by molar-refractivity contribution is 5.33. The number of aromatic nitrogens is 1. The van der Waals surface area contributed by atoms with Gasteiger partial charge in [0.25, 0.3) is 0 Å². The average molecular weight is 164 g/mol. The van der Waals surface area contributed by atoms with Gasteiger partial charge in [0.15, 0.2) is 0 Å². The van der Waals surface area contributed by atoms with Crippen molar-refractivity contribution in [3.63, 3.8) is 0 Å². The van der Waals surface area contributed by atoms with E-state index in [2.05, 4.69) is 24.1 Å². The number of anilines is 1. The Morgan fingerprint density at radius 1 is 1.50 bits per heavy atom. The Morgan fingerprint density at radius 2 is 2.33 bits per heavy atom. The van der Waals surface area contributed by atoms with Gasteiger partial charge in [-0.2, -0.15) is 0 Å². The molecule has 0 radical (unpaired) electrons. The van der Waals surface area contributed by atoms with Crippen molar-refractivity contribution in [3.05, 3.63) is 24.4 Å². The van der Waals surface area contributed by atoms with Gasteiger partial charge in [0.05, 0.1) is 0 Å². The largest absolute Gasteiger partial charge is 0.368 e. The predicted octanol–water partition coefficient (Wildman–Crippen LogP) is 2.68. The maximum Gasteiger partial charge on any atom is 0.126 e. The third-order valence-electron chi connectivity index (χ3n) is 1.78. The third kappa shape index (κ3) is 2.91. The van der Waals surface area contributed by atoms with E-state index >= 15 is 0 Å². The zero-order valence-electron chi connectivity index (χ0n) is 7.75. The van der Waals surface area contributed by atoms with Crippen LogP contribution in [0.3, 0.4) is 0 Å². The molecule has 0 aliphatic rings. The molecule has 0 saturated carbocycles. The van der Waals surface area contributed by atoms with E-state index in [1.54, 1.807) is 6.20 Å². The molecule has 0 spiro atoms. The maximum atomic E-state index is 4.19. The molecule has 0 amide bonds. The molecule has 0 aromatic carbocycles. The molecule has 1 N–H and O–H groups in total. The van der Waals surface area contributed by atoms with Crippen molar-refractivity contribution in [2.24, 2.45) is 0 Å². The van der Waals surface area contributed by atoms with Gasteiger partial charge in [0.1, 0.15) is 5.82 Å². The van der Waals surface area contributed by atoms with Crippen LogP contribution in [-0.4, -0.2) is 11.0 Å². The van der Waals surface area contributed by atoms with Crippen molar-refractivity contribution >= 4 is 5.82 Å². The molecule has 12 heavy (non-hydrogen) atoms. The third-order valence-corrected chi connectivity index (χ3v) is 1.78. The summed E-state index contributed by atoms with van der Waals surface area (Å²) in [5, 5.41) is 3.33. The van der Waals surface area contributed by atoms with Gasteiger partial charge >= 0.3 is 0 Å². The number of nitrogens with one attached hydrogen (secondary N) is 1. The summed E-state index contributed by atoms with van der Waals surface area (Å²) in [4.78, 5) is 4.19. The number of pyridine rings is 1. The SMILES string of the molecule is CCCC(C)Nc1ccccn1. The average Bonchev–Trinajstić information content (AvgIpc) is 2.06. The fourth-order valence-electron chi connectivity index (χ4n) is 1.21. The normalized spacial score (nSPS) is 12.5. The second kappa shape index (κ2) is 4.75. The fourth-order valence-corrected chi connectivity index (χ4v) is 1.21. The van der Waals surface area contributed by atoms with Crippen LogP contribution in [0.15, 0.2) is 24.4 Å². The second-order valence-electron chi connectivity index (χ2n) is 3.05.